The van der Waals surface area contributed by atoms with Crippen molar-refractivity contribution in [3.8, 4) is 0 Å². The first kappa shape index (κ1) is 10.2. The molecule has 76 valence electrons. The fraction of sp³-hybridized carbons (Fsp3) is 0.429. The van der Waals surface area contributed by atoms with Crippen molar-refractivity contribution in [3.05, 3.63) is 12.4 Å². The minimum Gasteiger partial charge on any atom is -0.468 e. The molecule has 0 saturated carbocycles. The number of methoxy groups -OCH3 is 1. The monoisotopic (exact) mass is 198 g/mol. The van der Waals surface area contributed by atoms with E-state index >= 15 is 0 Å². The van der Waals surface area contributed by atoms with E-state index in [1.54, 1.807) is 6.20 Å². The third-order valence-corrected chi connectivity index (χ3v) is 1.44. The lowest BCUT2D eigenvalue weighted by molar-refractivity contribution is -0.141. The number of aromatic nitrogens is 3. The van der Waals surface area contributed by atoms with Gasteiger partial charge in [0, 0.05) is 6.20 Å². The van der Waals surface area contributed by atoms with E-state index in [-0.39, 0.29) is 19.0 Å². The molecule has 1 aromatic rings. The predicted octanol–water partition coefficient (Wildman–Crippen LogP) is -1.43. The molecule has 0 spiro atoms. The Morgan fingerprint density at radius 3 is 2.93 bits per heavy atom. The number of carbonyl (C=O) groups is 2. The van der Waals surface area contributed by atoms with Crippen LogP contribution in [-0.2, 0) is 20.9 Å². The lowest BCUT2D eigenvalue weighted by atomic mass is 10.5. The van der Waals surface area contributed by atoms with Crippen molar-refractivity contribution in [3.63, 3.8) is 0 Å². The minimum atomic E-state index is -0.489. The lowest BCUT2D eigenvalue weighted by Gasteiger charge is -2.02. The van der Waals surface area contributed by atoms with Gasteiger partial charge >= 0.3 is 5.97 Å². The predicted molar refractivity (Wildman–Crippen MR) is 45.0 cm³/mol. The fourth-order valence-electron chi connectivity index (χ4n) is 0.763. The largest absolute Gasteiger partial charge is 0.468 e. The maximum absolute atomic E-state index is 11.1. The summed E-state index contributed by atoms with van der Waals surface area (Å²) in [6.45, 7) is -0.0962. The van der Waals surface area contributed by atoms with Crippen LogP contribution in [0.2, 0.25) is 0 Å². The van der Waals surface area contributed by atoms with Crippen molar-refractivity contribution >= 4 is 11.9 Å². The van der Waals surface area contributed by atoms with E-state index in [2.05, 4.69) is 20.4 Å². The van der Waals surface area contributed by atoms with Gasteiger partial charge in [0.1, 0.15) is 13.1 Å². The molecule has 0 aliphatic heterocycles. The highest BCUT2D eigenvalue weighted by Crippen LogP contribution is 1.80. The minimum absolute atomic E-state index is 0.0387. The number of ether oxygens (including phenoxy) is 1. The zero-order valence-corrected chi connectivity index (χ0v) is 7.64. The molecule has 0 aliphatic rings. The normalized spacial score (nSPS) is 9.50. The number of nitrogens with zero attached hydrogens (tertiary/aromatic N) is 3. The zero-order valence-electron chi connectivity index (χ0n) is 7.64. The van der Waals surface area contributed by atoms with Gasteiger partial charge < -0.3 is 10.1 Å². The Morgan fingerprint density at radius 2 is 2.36 bits per heavy atom. The SMILES string of the molecule is COC(=O)CNC(=O)Cn1ccnn1. The first-order valence-corrected chi connectivity index (χ1v) is 3.90. The van der Waals surface area contributed by atoms with Crippen LogP contribution in [0.25, 0.3) is 0 Å². The second-order valence-corrected chi connectivity index (χ2v) is 2.45. The molecule has 1 heterocycles. The standard InChI is InChI=1S/C7H10N4O3/c1-14-7(13)4-8-6(12)5-11-3-2-9-10-11/h2-3H,4-5H2,1H3,(H,8,12). The molecule has 0 saturated heterocycles. The van der Waals surface area contributed by atoms with Crippen molar-refractivity contribution in [1.82, 2.24) is 20.3 Å². The van der Waals surface area contributed by atoms with Crippen molar-refractivity contribution in [2.45, 2.75) is 6.54 Å². The van der Waals surface area contributed by atoms with Crippen molar-refractivity contribution in [1.29, 1.82) is 0 Å². The summed E-state index contributed by atoms with van der Waals surface area (Å²) in [5.74, 6) is -0.808. The molecule has 1 aromatic heterocycles. The molecule has 0 bridgehead atoms. The molecule has 0 radical (unpaired) electrons. The van der Waals surface area contributed by atoms with Crippen LogP contribution >= 0.6 is 0 Å². The molecular weight excluding hydrogens is 188 g/mol. The Hall–Kier alpha value is -1.92. The average Bonchev–Trinajstić information content (AvgIpc) is 2.66. The molecule has 0 aromatic carbocycles. The Morgan fingerprint density at radius 1 is 1.57 bits per heavy atom. The van der Waals surface area contributed by atoms with Gasteiger partial charge in [-0.1, -0.05) is 5.21 Å². The van der Waals surface area contributed by atoms with Crippen LogP contribution in [0.4, 0.5) is 0 Å². The van der Waals surface area contributed by atoms with Gasteiger partial charge in [-0.2, -0.15) is 0 Å². The molecule has 7 heteroatoms. The molecule has 0 unspecified atom stereocenters. The summed E-state index contributed by atoms with van der Waals surface area (Å²) in [6.07, 6.45) is 3.02. The Kier molecular flexibility index (Phi) is 3.59. The van der Waals surface area contributed by atoms with Crippen LogP contribution in [0, 0.1) is 0 Å². The van der Waals surface area contributed by atoms with Crippen LogP contribution in [0.3, 0.4) is 0 Å². The average molecular weight is 198 g/mol. The number of hydrogen-bond acceptors (Lipinski definition) is 5. The lowest BCUT2D eigenvalue weighted by Crippen LogP contribution is -2.32. The second kappa shape index (κ2) is 4.95. The summed E-state index contributed by atoms with van der Waals surface area (Å²) < 4.78 is 5.70. The summed E-state index contributed by atoms with van der Waals surface area (Å²) >= 11 is 0. The van der Waals surface area contributed by atoms with Crippen molar-refractivity contribution < 1.29 is 14.3 Å². The smallest absolute Gasteiger partial charge is 0.325 e. The maximum atomic E-state index is 11.1. The zero-order chi connectivity index (χ0) is 10.4. The molecule has 1 rings (SSSR count). The molecule has 0 fully saturated rings. The molecule has 7 nitrogen and oxygen atoms in total. The summed E-state index contributed by atoms with van der Waals surface area (Å²) in [7, 11) is 1.26. The van der Waals surface area contributed by atoms with E-state index in [9.17, 15) is 9.59 Å². The van der Waals surface area contributed by atoms with Crippen LogP contribution in [-0.4, -0.2) is 40.5 Å². The fourth-order valence-corrected chi connectivity index (χ4v) is 0.763. The van der Waals surface area contributed by atoms with Gasteiger partial charge in [-0.05, 0) is 0 Å². The summed E-state index contributed by atoms with van der Waals surface area (Å²) in [5, 5.41) is 9.49. The van der Waals surface area contributed by atoms with Gasteiger partial charge in [-0.25, -0.2) is 4.68 Å². The first-order valence-electron chi connectivity index (χ1n) is 3.90. The van der Waals surface area contributed by atoms with E-state index in [1.165, 1.54) is 18.0 Å². The highest BCUT2D eigenvalue weighted by atomic mass is 16.5. The first-order chi connectivity index (χ1) is 6.72. The Balaban J connectivity index is 2.26. The highest BCUT2D eigenvalue weighted by molar-refractivity contribution is 5.81. The Labute approximate surface area is 80.0 Å². The highest BCUT2D eigenvalue weighted by Gasteiger charge is 2.05. The van der Waals surface area contributed by atoms with Crippen LogP contribution < -0.4 is 5.32 Å². The number of esters is 1. The van der Waals surface area contributed by atoms with E-state index in [4.69, 9.17) is 0 Å². The summed E-state index contributed by atoms with van der Waals surface area (Å²) in [5.41, 5.74) is 0. The molecule has 14 heavy (non-hydrogen) atoms. The van der Waals surface area contributed by atoms with Crippen LogP contribution in [0.5, 0.6) is 0 Å². The molecule has 0 atom stereocenters. The van der Waals surface area contributed by atoms with Gasteiger partial charge in [0.2, 0.25) is 5.91 Å². The maximum Gasteiger partial charge on any atom is 0.325 e. The van der Waals surface area contributed by atoms with Crippen LogP contribution in [0.1, 0.15) is 0 Å². The summed E-state index contributed by atoms with van der Waals surface area (Å²) in [4.78, 5) is 21.8. The molecule has 1 amide bonds. The number of amides is 1. The van der Waals surface area contributed by atoms with E-state index in [0.29, 0.717) is 0 Å². The third kappa shape index (κ3) is 3.21. The number of hydrogen-bond donors (Lipinski definition) is 1. The summed E-state index contributed by atoms with van der Waals surface area (Å²) in [6, 6.07) is 0. The van der Waals surface area contributed by atoms with Crippen LogP contribution in [0.15, 0.2) is 12.4 Å². The molecular formula is C7H10N4O3. The number of nitrogens with one attached hydrogen (secondary N) is 1. The molecule has 0 aliphatic carbocycles. The van der Waals surface area contributed by atoms with Gasteiger partial charge in [-0.15, -0.1) is 5.10 Å². The second-order valence-electron chi connectivity index (χ2n) is 2.45. The van der Waals surface area contributed by atoms with E-state index in [0.717, 1.165) is 0 Å². The van der Waals surface area contributed by atoms with E-state index in [1.807, 2.05) is 0 Å². The number of carbonyl (C=O) groups excluding carboxylic acids is 2. The van der Waals surface area contributed by atoms with Gasteiger partial charge in [0.25, 0.3) is 0 Å². The van der Waals surface area contributed by atoms with E-state index < -0.39 is 5.97 Å². The number of rotatable bonds is 4. The van der Waals surface area contributed by atoms with Gasteiger partial charge in [0.15, 0.2) is 0 Å². The van der Waals surface area contributed by atoms with Gasteiger partial charge in [0.05, 0.1) is 13.3 Å². The quantitative estimate of drug-likeness (QED) is 0.599. The Bertz CT molecular complexity index is 309. The molecule has 1 N–H and O–H groups in total. The third-order valence-electron chi connectivity index (χ3n) is 1.44. The topological polar surface area (TPSA) is 86.1 Å². The van der Waals surface area contributed by atoms with Crippen molar-refractivity contribution in [2.75, 3.05) is 13.7 Å². The van der Waals surface area contributed by atoms with Gasteiger partial charge in [-0.3, -0.25) is 9.59 Å². The van der Waals surface area contributed by atoms with Crippen molar-refractivity contribution in [2.24, 2.45) is 0 Å².